The van der Waals surface area contributed by atoms with E-state index >= 15 is 0 Å². The molecule has 1 aromatic heterocycles. The molecule has 1 saturated heterocycles. The van der Waals surface area contributed by atoms with Gasteiger partial charge in [-0.3, -0.25) is 0 Å². The average Bonchev–Trinajstić information content (AvgIpc) is 2.74. The number of rotatable bonds is 3. The van der Waals surface area contributed by atoms with Crippen molar-refractivity contribution in [2.24, 2.45) is 0 Å². The Hall–Kier alpha value is -0.340. The Morgan fingerprint density at radius 2 is 2.58 bits per heavy atom. The molecule has 0 amide bonds. The molecule has 0 aliphatic carbocycles. The van der Waals surface area contributed by atoms with Crippen LogP contribution in [0.1, 0.15) is 24.1 Å². The quantitative estimate of drug-likeness (QED) is 0.698. The summed E-state index contributed by atoms with van der Waals surface area (Å²) < 4.78 is 5.56. The van der Waals surface area contributed by atoms with Crippen molar-refractivity contribution in [3.05, 3.63) is 22.4 Å². The third-order valence-corrected chi connectivity index (χ3v) is 3.25. The molecule has 1 aliphatic heterocycles. The topological polar surface area (TPSA) is 9.23 Å². The van der Waals surface area contributed by atoms with Gasteiger partial charge in [0.25, 0.3) is 0 Å². The molecular weight excluding hydrogens is 168 g/mol. The zero-order valence-electron chi connectivity index (χ0n) is 7.16. The van der Waals surface area contributed by atoms with Crippen LogP contribution in [-0.2, 0) is 11.2 Å². The van der Waals surface area contributed by atoms with Gasteiger partial charge in [-0.25, -0.2) is 0 Å². The van der Waals surface area contributed by atoms with E-state index in [9.17, 15) is 0 Å². The first-order valence-corrected chi connectivity index (χ1v) is 5.47. The largest absolute Gasteiger partial charge is 0.378 e. The summed E-state index contributed by atoms with van der Waals surface area (Å²) in [7, 11) is 0. The minimum atomic E-state index is 0.548. The molecule has 12 heavy (non-hydrogen) atoms. The van der Waals surface area contributed by atoms with Crippen molar-refractivity contribution in [1.29, 1.82) is 0 Å². The van der Waals surface area contributed by atoms with Gasteiger partial charge in [-0.15, -0.1) is 11.3 Å². The Morgan fingerprint density at radius 3 is 3.25 bits per heavy atom. The number of thiophene rings is 1. The minimum Gasteiger partial charge on any atom is -0.378 e. The van der Waals surface area contributed by atoms with Crippen LogP contribution in [0.25, 0.3) is 0 Å². The van der Waals surface area contributed by atoms with Gasteiger partial charge in [-0.05, 0) is 37.1 Å². The predicted octanol–water partition coefficient (Wildman–Crippen LogP) is 2.86. The van der Waals surface area contributed by atoms with E-state index in [1.807, 2.05) is 11.3 Å². The van der Waals surface area contributed by atoms with Crippen molar-refractivity contribution < 1.29 is 4.74 Å². The fourth-order valence-electron chi connectivity index (χ4n) is 1.63. The van der Waals surface area contributed by atoms with Crippen molar-refractivity contribution in [1.82, 2.24) is 0 Å². The SMILES string of the molecule is c1csc(CCC2CCCO2)c1. The minimum absolute atomic E-state index is 0.548. The highest BCUT2D eigenvalue weighted by Gasteiger charge is 2.14. The number of hydrogen-bond acceptors (Lipinski definition) is 2. The van der Waals surface area contributed by atoms with Crippen LogP contribution >= 0.6 is 11.3 Å². The van der Waals surface area contributed by atoms with Crippen LogP contribution in [0.15, 0.2) is 17.5 Å². The summed E-state index contributed by atoms with van der Waals surface area (Å²) >= 11 is 1.85. The Balaban J connectivity index is 1.74. The third-order valence-electron chi connectivity index (χ3n) is 2.32. The summed E-state index contributed by atoms with van der Waals surface area (Å²) in [5.74, 6) is 0. The van der Waals surface area contributed by atoms with Crippen LogP contribution in [0.2, 0.25) is 0 Å². The van der Waals surface area contributed by atoms with Gasteiger partial charge < -0.3 is 4.74 Å². The molecule has 0 bridgehead atoms. The molecule has 0 aromatic carbocycles. The molecule has 0 spiro atoms. The molecular formula is C10H14OS. The molecule has 2 heteroatoms. The van der Waals surface area contributed by atoms with Gasteiger partial charge in [0.05, 0.1) is 6.10 Å². The van der Waals surface area contributed by atoms with Gasteiger partial charge in [-0.1, -0.05) is 6.07 Å². The van der Waals surface area contributed by atoms with Gasteiger partial charge in [-0.2, -0.15) is 0 Å². The van der Waals surface area contributed by atoms with Gasteiger partial charge >= 0.3 is 0 Å². The Morgan fingerprint density at radius 1 is 1.58 bits per heavy atom. The Labute approximate surface area is 77.4 Å². The van der Waals surface area contributed by atoms with Crippen LogP contribution in [-0.4, -0.2) is 12.7 Å². The smallest absolute Gasteiger partial charge is 0.0579 e. The van der Waals surface area contributed by atoms with Crippen molar-refractivity contribution in [3.8, 4) is 0 Å². The maximum atomic E-state index is 5.56. The molecule has 0 saturated carbocycles. The lowest BCUT2D eigenvalue weighted by Gasteiger charge is -2.06. The molecule has 1 atom stereocenters. The summed E-state index contributed by atoms with van der Waals surface area (Å²) in [5.41, 5.74) is 0. The molecule has 1 unspecified atom stereocenters. The molecule has 0 radical (unpaired) electrons. The van der Waals surface area contributed by atoms with Crippen molar-refractivity contribution >= 4 is 11.3 Å². The molecule has 1 aliphatic rings. The normalized spacial score (nSPS) is 23.2. The summed E-state index contributed by atoms with van der Waals surface area (Å²) in [5, 5.41) is 2.14. The first-order chi connectivity index (χ1) is 5.95. The summed E-state index contributed by atoms with van der Waals surface area (Å²) in [4.78, 5) is 1.49. The van der Waals surface area contributed by atoms with Gasteiger partial charge in [0.1, 0.15) is 0 Å². The Kier molecular flexibility index (Phi) is 2.79. The fraction of sp³-hybridized carbons (Fsp3) is 0.600. The number of hydrogen-bond donors (Lipinski definition) is 0. The van der Waals surface area contributed by atoms with Crippen LogP contribution in [0.3, 0.4) is 0 Å². The van der Waals surface area contributed by atoms with Gasteiger partial charge in [0, 0.05) is 11.5 Å². The molecule has 2 heterocycles. The highest BCUT2D eigenvalue weighted by atomic mass is 32.1. The van der Waals surface area contributed by atoms with Crippen molar-refractivity contribution in [2.75, 3.05) is 6.61 Å². The fourth-order valence-corrected chi connectivity index (χ4v) is 2.35. The van der Waals surface area contributed by atoms with E-state index in [0.717, 1.165) is 6.61 Å². The summed E-state index contributed by atoms with van der Waals surface area (Å²) in [6.45, 7) is 0.981. The lowest BCUT2D eigenvalue weighted by Crippen LogP contribution is -2.05. The van der Waals surface area contributed by atoms with E-state index in [4.69, 9.17) is 4.74 Å². The first-order valence-electron chi connectivity index (χ1n) is 4.59. The Bertz CT molecular complexity index is 212. The van der Waals surface area contributed by atoms with E-state index in [2.05, 4.69) is 17.5 Å². The average molecular weight is 182 g/mol. The van der Waals surface area contributed by atoms with E-state index in [1.165, 1.54) is 30.6 Å². The zero-order valence-corrected chi connectivity index (χ0v) is 7.98. The van der Waals surface area contributed by atoms with Gasteiger partial charge in [0.2, 0.25) is 0 Å². The molecule has 0 N–H and O–H groups in total. The van der Waals surface area contributed by atoms with Crippen LogP contribution < -0.4 is 0 Å². The molecule has 2 rings (SSSR count). The molecule has 66 valence electrons. The number of aryl methyl sites for hydroxylation is 1. The summed E-state index contributed by atoms with van der Waals surface area (Å²) in [6, 6.07) is 4.33. The molecule has 1 aromatic rings. The van der Waals surface area contributed by atoms with E-state index in [-0.39, 0.29) is 0 Å². The highest BCUT2D eigenvalue weighted by Crippen LogP contribution is 2.19. The maximum Gasteiger partial charge on any atom is 0.0579 e. The molecule has 1 nitrogen and oxygen atoms in total. The van der Waals surface area contributed by atoms with E-state index in [0.29, 0.717) is 6.10 Å². The highest BCUT2D eigenvalue weighted by molar-refractivity contribution is 7.09. The van der Waals surface area contributed by atoms with E-state index < -0.39 is 0 Å². The maximum absolute atomic E-state index is 5.56. The zero-order chi connectivity index (χ0) is 8.23. The van der Waals surface area contributed by atoms with Crippen LogP contribution in [0.5, 0.6) is 0 Å². The first kappa shape index (κ1) is 8.27. The standard InChI is InChI=1S/C10H14OS/c1-3-9(11-7-1)5-6-10-4-2-8-12-10/h2,4,8-9H,1,3,5-7H2. The number of ether oxygens (including phenoxy) is 1. The second-order valence-electron chi connectivity index (χ2n) is 3.25. The lowest BCUT2D eigenvalue weighted by molar-refractivity contribution is 0.105. The van der Waals surface area contributed by atoms with Crippen LogP contribution in [0.4, 0.5) is 0 Å². The lowest BCUT2D eigenvalue weighted by atomic mass is 10.1. The van der Waals surface area contributed by atoms with Gasteiger partial charge in [0.15, 0.2) is 0 Å². The molecule has 1 fully saturated rings. The second kappa shape index (κ2) is 4.06. The van der Waals surface area contributed by atoms with Crippen molar-refractivity contribution in [3.63, 3.8) is 0 Å². The third kappa shape index (κ3) is 2.08. The van der Waals surface area contributed by atoms with Crippen LogP contribution in [0, 0.1) is 0 Å². The monoisotopic (exact) mass is 182 g/mol. The van der Waals surface area contributed by atoms with Crippen molar-refractivity contribution in [2.45, 2.75) is 31.8 Å². The second-order valence-corrected chi connectivity index (χ2v) is 4.29. The predicted molar refractivity (Wildman–Crippen MR) is 51.6 cm³/mol. The summed E-state index contributed by atoms with van der Waals surface area (Å²) in [6.07, 6.45) is 5.48. The van der Waals surface area contributed by atoms with E-state index in [1.54, 1.807) is 0 Å².